The minimum atomic E-state index is 1.41. The second-order valence-corrected chi connectivity index (χ2v) is 3.95. The maximum atomic E-state index is 2.37. The lowest BCUT2D eigenvalue weighted by atomic mass is 10.4. The monoisotopic (exact) mass is 238 g/mol. The molecular weight excluding hydrogens is 231 g/mol. The van der Waals surface area contributed by atoms with Crippen LogP contribution in [0.2, 0.25) is 0 Å². The van der Waals surface area contributed by atoms with E-state index in [1.54, 1.807) is 0 Å². The van der Waals surface area contributed by atoms with Crippen molar-refractivity contribution in [3.05, 3.63) is 19.4 Å². The van der Waals surface area contributed by atoms with Crippen LogP contribution in [0.3, 0.4) is 0 Å². The summed E-state index contributed by atoms with van der Waals surface area (Å²) < 4.78 is 1.42. The Hall–Kier alpha value is 0.430. The summed E-state index contributed by atoms with van der Waals surface area (Å²) >= 11 is 4.20. The van der Waals surface area contributed by atoms with Gasteiger partial charge in [-0.05, 0) is 47.4 Å². The highest BCUT2D eigenvalue weighted by molar-refractivity contribution is 14.1. The molecule has 0 saturated carbocycles. The van der Waals surface area contributed by atoms with Crippen LogP contribution >= 0.6 is 33.9 Å². The van der Waals surface area contributed by atoms with Crippen LogP contribution in [0.5, 0.6) is 0 Å². The van der Waals surface area contributed by atoms with Crippen molar-refractivity contribution in [3.8, 4) is 0 Å². The third-order valence-corrected chi connectivity index (χ3v) is 4.12. The molecule has 0 atom stereocenters. The molecule has 0 aliphatic rings. The van der Waals surface area contributed by atoms with E-state index in [4.69, 9.17) is 0 Å². The number of hydrogen-bond acceptors (Lipinski definition) is 1. The third-order valence-electron chi connectivity index (χ3n) is 1.07. The zero-order valence-electron chi connectivity index (χ0n) is 4.86. The minimum absolute atomic E-state index is 1.41. The summed E-state index contributed by atoms with van der Waals surface area (Å²) in [6, 6.07) is 0. The van der Waals surface area contributed by atoms with Crippen molar-refractivity contribution in [3.63, 3.8) is 0 Å². The fourth-order valence-electron chi connectivity index (χ4n) is 0.558. The fourth-order valence-corrected chi connectivity index (χ4v) is 2.04. The lowest BCUT2D eigenvalue weighted by molar-refractivity contribution is 1.45. The van der Waals surface area contributed by atoms with Gasteiger partial charge >= 0.3 is 0 Å². The van der Waals surface area contributed by atoms with Crippen LogP contribution in [0.4, 0.5) is 0 Å². The van der Waals surface area contributed by atoms with Crippen LogP contribution in [-0.2, 0) is 0 Å². The molecule has 0 bridgehead atoms. The first-order valence-electron chi connectivity index (χ1n) is 2.42. The highest BCUT2D eigenvalue weighted by Crippen LogP contribution is 2.21. The molecule has 1 aromatic rings. The van der Waals surface area contributed by atoms with Gasteiger partial charge in [0.2, 0.25) is 0 Å². The zero-order chi connectivity index (χ0) is 6.15. The summed E-state index contributed by atoms with van der Waals surface area (Å²) in [5.41, 5.74) is 1.41. The Bertz CT molecular complexity index is 171. The smallest absolute Gasteiger partial charge is 0.0295 e. The topological polar surface area (TPSA) is 0 Å². The second-order valence-electron chi connectivity index (χ2n) is 1.79. The number of halogens is 1. The van der Waals surface area contributed by atoms with E-state index in [0.29, 0.717) is 0 Å². The van der Waals surface area contributed by atoms with Crippen molar-refractivity contribution in [1.29, 1.82) is 0 Å². The van der Waals surface area contributed by atoms with Gasteiger partial charge in [-0.15, -0.1) is 11.3 Å². The van der Waals surface area contributed by atoms with Crippen LogP contribution in [-0.4, -0.2) is 0 Å². The lowest BCUT2D eigenvalue weighted by Crippen LogP contribution is -1.69. The Morgan fingerprint density at radius 2 is 2.12 bits per heavy atom. The van der Waals surface area contributed by atoms with Gasteiger partial charge in [0.25, 0.3) is 0 Å². The molecule has 1 rings (SSSR count). The average molecular weight is 238 g/mol. The zero-order valence-corrected chi connectivity index (χ0v) is 7.84. The number of thiophene rings is 1. The molecule has 1 heterocycles. The molecule has 2 heteroatoms. The lowest BCUT2D eigenvalue weighted by Gasteiger charge is -1.84. The minimum Gasteiger partial charge on any atom is -0.148 e. The molecule has 44 valence electrons. The summed E-state index contributed by atoms with van der Waals surface area (Å²) in [6.07, 6.45) is 0. The van der Waals surface area contributed by atoms with Gasteiger partial charge < -0.3 is 0 Å². The average Bonchev–Trinajstić information content (AvgIpc) is 1.98. The first-order valence-corrected chi connectivity index (χ1v) is 4.38. The van der Waals surface area contributed by atoms with E-state index < -0.39 is 0 Å². The van der Waals surface area contributed by atoms with Gasteiger partial charge in [0.05, 0.1) is 0 Å². The van der Waals surface area contributed by atoms with Crippen LogP contribution in [0, 0.1) is 17.4 Å². The largest absolute Gasteiger partial charge is 0.148 e. The first kappa shape index (κ1) is 6.55. The van der Waals surface area contributed by atoms with Crippen LogP contribution in [0.1, 0.15) is 10.4 Å². The van der Waals surface area contributed by atoms with Crippen LogP contribution < -0.4 is 0 Å². The van der Waals surface area contributed by atoms with Gasteiger partial charge in [0.15, 0.2) is 0 Å². The van der Waals surface area contributed by atoms with Crippen LogP contribution in [0.15, 0.2) is 5.38 Å². The standard InChI is InChI=1S/C6H7IS/c1-4-3-8-5(2)6(4)7/h3H,1-2H3. The van der Waals surface area contributed by atoms with Gasteiger partial charge in [-0.3, -0.25) is 0 Å². The maximum Gasteiger partial charge on any atom is 0.0295 e. The Morgan fingerprint density at radius 3 is 2.25 bits per heavy atom. The maximum absolute atomic E-state index is 2.37. The van der Waals surface area contributed by atoms with E-state index in [9.17, 15) is 0 Å². The molecule has 0 N–H and O–H groups in total. The molecule has 0 unspecified atom stereocenters. The summed E-state index contributed by atoms with van der Waals surface area (Å²) in [5.74, 6) is 0. The summed E-state index contributed by atoms with van der Waals surface area (Å²) in [5, 5.41) is 2.19. The molecule has 0 fully saturated rings. The summed E-state index contributed by atoms with van der Waals surface area (Å²) in [6.45, 7) is 4.30. The Morgan fingerprint density at radius 1 is 1.50 bits per heavy atom. The van der Waals surface area contributed by atoms with E-state index in [1.165, 1.54) is 14.0 Å². The molecule has 0 nitrogen and oxygen atoms in total. The number of aryl methyl sites for hydroxylation is 2. The normalized spacial score (nSPS) is 9.88. The van der Waals surface area contributed by atoms with Crippen molar-refractivity contribution >= 4 is 33.9 Å². The molecule has 0 saturated heterocycles. The Balaban J connectivity index is 3.19. The van der Waals surface area contributed by atoms with E-state index in [1.807, 2.05) is 11.3 Å². The van der Waals surface area contributed by atoms with Crippen molar-refractivity contribution in [2.24, 2.45) is 0 Å². The second kappa shape index (κ2) is 2.35. The molecule has 1 aromatic heterocycles. The van der Waals surface area contributed by atoms with E-state index in [2.05, 4.69) is 41.8 Å². The van der Waals surface area contributed by atoms with E-state index in [-0.39, 0.29) is 0 Å². The predicted octanol–water partition coefficient (Wildman–Crippen LogP) is 2.97. The third kappa shape index (κ3) is 1.05. The fraction of sp³-hybridized carbons (Fsp3) is 0.333. The molecular formula is C6H7IS. The van der Waals surface area contributed by atoms with Crippen molar-refractivity contribution in [1.82, 2.24) is 0 Å². The van der Waals surface area contributed by atoms with Gasteiger partial charge in [0, 0.05) is 8.45 Å². The predicted molar refractivity (Wildman–Crippen MR) is 46.5 cm³/mol. The highest BCUT2D eigenvalue weighted by atomic mass is 127. The van der Waals surface area contributed by atoms with Gasteiger partial charge in [0.1, 0.15) is 0 Å². The van der Waals surface area contributed by atoms with E-state index in [0.717, 1.165) is 0 Å². The molecule has 0 aliphatic carbocycles. The van der Waals surface area contributed by atoms with Crippen molar-refractivity contribution < 1.29 is 0 Å². The SMILES string of the molecule is Cc1csc(C)c1I. The Labute approximate surface area is 67.1 Å². The first-order chi connectivity index (χ1) is 3.72. The Kier molecular flexibility index (Phi) is 1.92. The van der Waals surface area contributed by atoms with Crippen LogP contribution in [0.25, 0.3) is 0 Å². The molecule has 0 spiro atoms. The molecule has 0 aromatic carbocycles. The molecule has 8 heavy (non-hydrogen) atoms. The molecule has 0 radical (unpaired) electrons. The van der Waals surface area contributed by atoms with Gasteiger partial charge in [-0.2, -0.15) is 0 Å². The van der Waals surface area contributed by atoms with Crippen molar-refractivity contribution in [2.45, 2.75) is 13.8 Å². The number of hydrogen-bond donors (Lipinski definition) is 0. The molecule has 0 aliphatic heterocycles. The summed E-state index contributed by atoms with van der Waals surface area (Å²) in [7, 11) is 0. The number of rotatable bonds is 0. The van der Waals surface area contributed by atoms with Gasteiger partial charge in [-0.1, -0.05) is 0 Å². The highest BCUT2D eigenvalue weighted by Gasteiger charge is 1.97. The molecule has 0 amide bonds. The van der Waals surface area contributed by atoms with E-state index >= 15 is 0 Å². The summed E-state index contributed by atoms with van der Waals surface area (Å²) in [4.78, 5) is 1.43. The van der Waals surface area contributed by atoms with Crippen molar-refractivity contribution in [2.75, 3.05) is 0 Å². The van der Waals surface area contributed by atoms with Gasteiger partial charge in [-0.25, -0.2) is 0 Å². The quantitative estimate of drug-likeness (QED) is 0.609.